The van der Waals surface area contributed by atoms with Crippen LogP contribution in [0.5, 0.6) is 23.0 Å². The highest BCUT2D eigenvalue weighted by Crippen LogP contribution is 2.29. The van der Waals surface area contributed by atoms with Crippen molar-refractivity contribution in [2.24, 2.45) is 0 Å². The topological polar surface area (TPSA) is 124 Å². The molecule has 0 spiro atoms. The van der Waals surface area contributed by atoms with Crippen molar-refractivity contribution in [3.05, 3.63) is 109 Å². The van der Waals surface area contributed by atoms with E-state index >= 15 is 0 Å². The molecular weight excluding hydrogens is 726 g/mol. The van der Waals surface area contributed by atoms with Gasteiger partial charge < -0.3 is 28.4 Å². The Morgan fingerprint density at radius 3 is 1.07 bits per heavy atom. The van der Waals surface area contributed by atoms with Crippen LogP contribution in [0.25, 0.3) is 0 Å². The number of benzene rings is 3. The first-order valence-electron chi connectivity index (χ1n) is 19.2. The van der Waals surface area contributed by atoms with Gasteiger partial charge in [-0.3, -0.25) is 0 Å². The number of halogens is 2. The number of hydrogen-bond acceptors (Lipinski definition) is 10. The number of hydrogen-bond donors (Lipinski definition) is 0. The second-order valence-corrected chi connectivity index (χ2v) is 12.9. The first-order valence-corrected chi connectivity index (χ1v) is 19.2. The lowest BCUT2D eigenvalue weighted by molar-refractivity contribution is -0.138. The molecule has 0 atom stereocenters. The molecule has 0 unspecified atom stereocenters. The van der Waals surface area contributed by atoms with Gasteiger partial charge in [0, 0.05) is 12.2 Å². The van der Waals surface area contributed by atoms with E-state index in [1.807, 2.05) is 0 Å². The van der Waals surface area contributed by atoms with Crippen LogP contribution < -0.4 is 18.9 Å². The van der Waals surface area contributed by atoms with Gasteiger partial charge in [0.1, 0.15) is 11.5 Å². The minimum absolute atomic E-state index is 0.105. The standard InChI is InChI=1S/C44H52F2O10/c1-3-39(47)53-31-17-13-9-5-7-11-15-29-51-35-23-19-33(20-24-35)43(49)55-37-27-28-38(42(46)41(37)45)56-44(50)34-21-25-36(26-22-34)52-30-16-12-8-6-10-14-18-32-54-40(48)4-2/h3-4,19-28H,1-2,5-18,29-32H2. The molecule has 0 saturated carbocycles. The van der Waals surface area contributed by atoms with Gasteiger partial charge in [0.2, 0.25) is 11.6 Å². The maximum atomic E-state index is 14.9. The van der Waals surface area contributed by atoms with Gasteiger partial charge in [0.05, 0.1) is 37.6 Å². The van der Waals surface area contributed by atoms with Gasteiger partial charge in [-0.2, -0.15) is 8.78 Å². The van der Waals surface area contributed by atoms with E-state index in [1.54, 1.807) is 24.3 Å². The van der Waals surface area contributed by atoms with Crippen LogP contribution in [-0.4, -0.2) is 50.3 Å². The third-order valence-corrected chi connectivity index (χ3v) is 8.53. The molecule has 0 bridgehead atoms. The lowest BCUT2D eigenvalue weighted by Crippen LogP contribution is -2.12. The van der Waals surface area contributed by atoms with E-state index in [4.69, 9.17) is 28.4 Å². The molecule has 56 heavy (non-hydrogen) atoms. The molecule has 0 fully saturated rings. The molecule has 0 aliphatic heterocycles. The van der Waals surface area contributed by atoms with E-state index in [0.717, 1.165) is 114 Å². The van der Waals surface area contributed by atoms with Gasteiger partial charge in [0.25, 0.3) is 0 Å². The predicted octanol–water partition coefficient (Wildman–Crippen LogP) is 10.1. The van der Waals surface area contributed by atoms with Gasteiger partial charge in [-0.15, -0.1) is 0 Å². The van der Waals surface area contributed by atoms with E-state index in [-0.39, 0.29) is 11.1 Å². The van der Waals surface area contributed by atoms with E-state index in [0.29, 0.717) is 37.9 Å². The van der Waals surface area contributed by atoms with E-state index < -0.39 is 47.0 Å². The molecule has 0 aliphatic carbocycles. The summed E-state index contributed by atoms with van der Waals surface area (Å²) in [5.41, 5.74) is 0.210. The maximum absolute atomic E-state index is 14.9. The second-order valence-electron chi connectivity index (χ2n) is 12.9. The Kier molecular flexibility index (Phi) is 21.1. The van der Waals surface area contributed by atoms with Gasteiger partial charge in [-0.1, -0.05) is 77.4 Å². The number of unbranched alkanes of at least 4 members (excludes halogenated alkanes) is 12. The minimum Gasteiger partial charge on any atom is -0.494 e. The average Bonchev–Trinajstić information content (AvgIpc) is 3.21. The molecule has 3 aromatic carbocycles. The fraction of sp³-hybridized carbons (Fsp3) is 0.409. The average molecular weight is 779 g/mol. The van der Waals surface area contributed by atoms with E-state index in [2.05, 4.69) is 13.2 Å². The molecule has 0 radical (unpaired) electrons. The lowest BCUT2D eigenvalue weighted by atomic mass is 10.1. The summed E-state index contributed by atoms with van der Waals surface area (Å²) in [7, 11) is 0. The van der Waals surface area contributed by atoms with Crippen LogP contribution in [0.1, 0.15) is 111 Å². The Bertz CT molecular complexity index is 1560. The highest BCUT2D eigenvalue weighted by atomic mass is 19.2. The zero-order valence-corrected chi connectivity index (χ0v) is 31.9. The Hall–Kier alpha value is -5.52. The zero-order chi connectivity index (χ0) is 40.4. The third kappa shape index (κ3) is 17.3. The summed E-state index contributed by atoms with van der Waals surface area (Å²) in [5, 5.41) is 0. The lowest BCUT2D eigenvalue weighted by Gasteiger charge is -2.11. The van der Waals surface area contributed by atoms with Crippen LogP contribution in [0.15, 0.2) is 86.0 Å². The van der Waals surface area contributed by atoms with Gasteiger partial charge in [-0.25, -0.2) is 19.2 Å². The molecule has 0 heterocycles. The Morgan fingerprint density at radius 2 is 0.750 bits per heavy atom. The van der Waals surface area contributed by atoms with E-state index in [9.17, 15) is 28.0 Å². The van der Waals surface area contributed by atoms with Crippen molar-refractivity contribution in [2.45, 2.75) is 89.9 Å². The number of carbonyl (C=O) groups is 4. The summed E-state index contributed by atoms with van der Waals surface area (Å²) in [6.07, 6.45) is 16.1. The molecule has 0 N–H and O–H groups in total. The summed E-state index contributed by atoms with van der Waals surface area (Å²) >= 11 is 0. The van der Waals surface area contributed by atoms with Gasteiger partial charge in [-0.05, 0) is 86.3 Å². The molecule has 0 saturated heterocycles. The molecule has 3 rings (SSSR count). The fourth-order valence-corrected chi connectivity index (χ4v) is 5.38. The van der Waals surface area contributed by atoms with Gasteiger partial charge >= 0.3 is 23.9 Å². The molecule has 302 valence electrons. The van der Waals surface area contributed by atoms with E-state index in [1.165, 1.54) is 24.3 Å². The summed E-state index contributed by atoms with van der Waals surface area (Å²) < 4.78 is 61.3. The van der Waals surface area contributed by atoms with Crippen molar-refractivity contribution in [1.29, 1.82) is 0 Å². The summed E-state index contributed by atoms with van der Waals surface area (Å²) in [6, 6.07) is 14.2. The monoisotopic (exact) mass is 778 g/mol. The summed E-state index contributed by atoms with van der Waals surface area (Å²) in [6.45, 7) is 8.56. The normalized spacial score (nSPS) is 10.6. The molecule has 0 amide bonds. The van der Waals surface area contributed by atoms with Crippen molar-refractivity contribution in [2.75, 3.05) is 26.4 Å². The number of carbonyl (C=O) groups excluding carboxylic acids is 4. The summed E-state index contributed by atoms with van der Waals surface area (Å²) in [5.74, 6) is -5.77. The third-order valence-electron chi connectivity index (χ3n) is 8.53. The van der Waals surface area contributed by atoms with Crippen LogP contribution in [-0.2, 0) is 19.1 Å². The number of rotatable bonds is 28. The molecular formula is C44H52F2O10. The Labute approximate surface area is 327 Å². The largest absolute Gasteiger partial charge is 0.494 e. The smallest absolute Gasteiger partial charge is 0.343 e. The fourth-order valence-electron chi connectivity index (χ4n) is 5.38. The van der Waals surface area contributed by atoms with Gasteiger partial charge in [0.15, 0.2) is 11.5 Å². The maximum Gasteiger partial charge on any atom is 0.343 e. The highest BCUT2D eigenvalue weighted by Gasteiger charge is 2.21. The zero-order valence-electron chi connectivity index (χ0n) is 31.9. The van der Waals surface area contributed by atoms with Crippen molar-refractivity contribution in [3.63, 3.8) is 0 Å². The van der Waals surface area contributed by atoms with Crippen molar-refractivity contribution in [3.8, 4) is 23.0 Å². The molecule has 12 heteroatoms. The minimum atomic E-state index is -1.48. The van der Waals surface area contributed by atoms with Crippen LogP contribution >= 0.6 is 0 Å². The van der Waals surface area contributed by atoms with Crippen LogP contribution in [0.3, 0.4) is 0 Å². The summed E-state index contributed by atoms with van der Waals surface area (Å²) in [4.78, 5) is 47.3. The highest BCUT2D eigenvalue weighted by molar-refractivity contribution is 5.92. The van der Waals surface area contributed by atoms with Crippen LogP contribution in [0, 0.1) is 11.6 Å². The van der Waals surface area contributed by atoms with Crippen LogP contribution in [0.4, 0.5) is 8.78 Å². The molecule has 10 nitrogen and oxygen atoms in total. The molecule has 0 aliphatic rings. The molecule has 3 aromatic rings. The number of ether oxygens (including phenoxy) is 6. The van der Waals surface area contributed by atoms with Crippen molar-refractivity contribution in [1.82, 2.24) is 0 Å². The Balaban J connectivity index is 1.31. The first-order chi connectivity index (χ1) is 27.2. The predicted molar refractivity (Wildman–Crippen MR) is 207 cm³/mol. The van der Waals surface area contributed by atoms with Crippen molar-refractivity contribution >= 4 is 23.9 Å². The van der Waals surface area contributed by atoms with Crippen molar-refractivity contribution < 1.29 is 56.4 Å². The SMILES string of the molecule is C=CC(=O)OCCCCCCCCCOc1ccc(C(=O)Oc2ccc(OC(=O)c3ccc(OCCCCCCCCCOC(=O)C=C)cc3)c(F)c2F)cc1. The molecule has 0 aromatic heterocycles. The van der Waals surface area contributed by atoms with Crippen LogP contribution in [0.2, 0.25) is 0 Å². The quantitative estimate of drug-likeness (QED) is 0.0305. The number of esters is 4. The first kappa shape index (κ1) is 44.9. The second kappa shape index (κ2) is 26.3. The Morgan fingerprint density at radius 1 is 0.446 bits per heavy atom.